The Hall–Kier alpha value is -2.28. The van der Waals surface area contributed by atoms with Gasteiger partial charge in [0.15, 0.2) is 11.5 Å². The summed E-state index contributed by atoms with van der Waals surface area (Å²) in [5.41, 5.74) is 0.637. The Morgan fingerprint density at radius 2 is 1.73 bits per heavy atom. The van der Waals surface area contributed by atoms with Crippen LogP contribution >= 0.6 is 0 Å². The number of nitrogens with zero attached hydrogens (tertiary/aromatic N) is 2. The number of anilines is 1. The Bertz CT molecular complexity index is 714. The standard InChI is InChI=1S/C23H37N3O4/c1-7-29-20-13-12-19(14-21(20)30-8-2)24-22(27)15-25(6)18(5)23(28)26-16(3)10-9-11-17(26)4/h12-14,16-18H,7-11,15H2,1-6H3,(H,24,27)/t16-,17+,18-/m0/s1. The summed E-state index contributed by atoms with van der Waals surface area (Å²) in [4.78, 5) is 29.4. The van der Waals surface area contributed by atoms with Gasteiger partial charge < -0.3 is 19.7 Å². The van der Waals surface area contributed by atoms with Crippen LogP contribution in [0.25, 0.3) is 0 Å². The molecule has 30 heavy (non-hydrogen) atoms. The van der Waals surface area contributed by atoms with E-state index in [2.05, 4.69) is 19.2 Å². The van der Waals surface area contributed by atoms with Crippen molar-refractivity contribution in [3.63, 3.8) is 0 Å². The highest BCUT2D eigenvalue weighted by Gasteiger charge is 2.33. The lowest BCUT2D eigenvalue weighted by molar-refractivity contribution is -0.142. The third-order valence-corrected chi connectivity index (χ3v) is 5.69. The third-order valence-electron chi connectivity index (χ3n) is 5.69. The van der Waals surface area contributed by atoms with Crippen LogP contribution in [-0.2, 0) is 9.59 Å². The molecule has 7 nitrogen and oxygen atoms in total. The van der Waals surface area contributed by atoms with Crippen LogP contribution in [0.15, 0.2) is 18.2 Å². The van der Waals surface area contributed by atoms with E-state index in [9.17, 15) is 9.59 Å². The Morgan fingerprint density at radius 3 is 2.33 bits per heavy atom. The summed E-state index contributed by atoms with van der Waals surface area (Å²) in [6, 6.07) is 5.46. The minimum absolute atomic E-state index is 0.0877. The monoisotopic (exact) mass is 419 g/mol. The molecule has 1 aliphatic heterocycles. The molecule has 0 spiro atoms. The molecule has 1 heterocycles. The molecule has 168 valence electrons. The van der Waals surface area contributed by atoms with Crippen LogP contribution in [0, 0.1) is 0 Å². The van der Waals surface area contributed by atoms with Gasteiger partial charge in [0, 0.05) is 23.8 Å². The first-order valence-corrected chi connectivity index (χ1v) is 11.0. The minimum Gasteiger partial charge on any atom is -0.490 e. The van der Waals surface area contributed by atoms with Crippen molar-refractivity contribution in [2.75, 3.05) is 32.1 Å². The average Bonchev–Trinajstić information content (AvgIpc) is 2.69. The maximum absolute atomic E-state index is 13.0. The van der Waals surface area contributed by atoms with Crippen LogP contribution in [0.5, 0.6) is 11.5 Å². The minimum atomic E-state index is -0.363. The summed E-state index contributed by atoms with van der Waals surface area (Å²) < 4.78 is 11.2. The number of hydrogen-bond acceptors (Lipinski definition) is 5. The van der Waals surface area contributed by atoms with Crippen molar-refractivity contribution < 1.29 is 19.1 Å². The number of hydrogen-bond donors (Lipinski definition) is 1. The molecule has 0 bridgehead atoms. The van der Waals surface area contributed by atoms with Gasteiger partial charge in [0.25, 0.3) is 0 Å². The van der Waals surface area contributed by atoms with Gasteiger partial charge in [-0.15, -0.1) is 0 Å². The molecule has 0 unspecified atom stereocenters. The molecular weight excluding hydrogens is 382 g/mol. The number of nitrogens with one attached hydrogen (secondary N) is 1. The molecule has 0 aromatic heterocycles. The van der Waals surface area contributed by atoms with E-state index >= 15 is 0 Å². The van der Waals surface area contributed by atoms with Crippen LogP contribution in [0.3, 0.4) is 0 Å². The predicted octanol–water partition coefficient (Wildman–Crippen LogP) is 3.53. The number of likely N-dealkylation sites (N-methyl/N-ethyl adjacent to an activating group) is 1. The lowest BCUT2D eigenvalue weighted by atomic mass is 9.96. The second-order valence-corrected chi connectivity index (χ2v) is 8.04. The highest BCUT2D eigenvalue weighted by molar-refractivity contribution is 5.93. The molecule has 0 radical (unpaired) electrons. The number of carbonyl (C=O) groups excluding carboxylic acids is 2. The number of carbonyl (C=O) groups is 2. The number of likely N-dealkylation sites (tertiary alicyclic amines) is 1. The normalized spacial score (nSPS) is 20.0. The zero-order chi connectivity index (χ0) is 22.3. The average molecular weight is 420 g/mol. The van der Waals surface area contributed by atoms with Crippen molar-refractivity contribution in [2.45, 2.75) is 72.0 Å². The van der Waals surface area contributed by atoms with E-state index in [1.165, 1.54) is 0 Å². The second-order valence-electron chi connectivity index (χ2n) is 8.04. The SMILES string of the molecule is CCOc1ccc(NC(=O)CN(C)[C@@H](C)C(=O)N2[C@H](C)CCC[C@@H]2C)cc1OCC. The van der Waals surface area contributed by atoms with E-state index in [-0.39, 0.29) is 36.5 Å². The van der Waals surface area contributed by atoms with Crippen LogP contribution in [0.4, 0.5) is 5.69 Å². The second kappa shape index (κ2) is 11.2. The first-order chi connectivity index (χ1) is 14.3. The van der Waals surface area contributed by atoms with E-state index in [0.717, 1.165) is 19.3 Å². The van der Waals surface area contributed by atoms with Gasteiger partial charge in [0.2, 0.25) is 11.8 Å². The molecule has 1 aliphatic rings. The molecule has 2 rings (SSSR count). The Kier molecular flexibility index (Phi) is 8.96. The lowest BCUT2D eigenvalue weighted by Crippen LogP contribution is -2.54. The third kappa shape index (κ3) is 6.11. The van der Waals surface area contributed by atoms with E-state index in [1.807, 2.05) is 32.7 Å². The summed E-state index contributed by atoms with van der Waals surface area (Å²) in [5.74, 6) is 1.16. The summed E-state index contributed by atoms with van der Waals surface area (Å²) >= 11 is 0. The Labute approximate surface area is 180 Å². The largest absolute Gasteiger partial charge is 0.490 e. The van der Waals surface area contributed by atoms with Crippen LogP contribution < -0.4 is 14.8 Å². The topological polar surface area (TPSA) is 71.1 Å². The van der Waals surface area contributed by atoms with Gasteiger partial charge in [-0.05, 0) is 73.1 Å². The van der Waals surface area contributed by atoms with Crippen LogP contribution in [-0.4, -0.2) is 66.5 Å². The summed E-state index contributed by atoms with van der Waals surface area (Å²) in [7, 11) is 1.81. The maximum atomic E-state index is 13.0. The van der Waals surface area contributed by atoms with Crippen LogP contribution in [0.2, 0.25) is 0 Å². The van der Waals surface area contributed by atoms with Crippen molar-refractivity contribution in [1.29, 1.82) is 0 Å². The molecule has 1 N–H and O–H groups in total. The molecule has 7 heteroatoms. The molecule has 0 saturated carbocycles. The number of amides is 2. The fraction of sp³-hybridized carbons (Fsp3) is 0.652. The maximum Gasteiger partial charge on any atom is 0.240 e. The van der Waals surface area contributed by atoms with Gasteiger partial charge in [0.05, 0.1) is 25.8 Å². The van der Waals surface area contributed by atoms with Gasteiger partial charge in [-0.1, -0.05) is 0 Å². The van der Waals surface area contributed by atoms with Gasteiger partial charge >= 0.3 is 0 Å². The van der Waals surface area contributed by atoms with Gasteiger partial charge in [-0.3, -0.25) is 14.5 Å². The summed E-state index contributed by atoms with van der Waals surface area (Å²) in [6.07, 6.45) is 3.23. The number of ether oxygens (including phenoxy) is 2. The van der Waals surface area contributed by atoms with Crippen molar-refractivity contribution >= 4 is 17.5 Å². The van der Waals surface area contributed by atoms with Crippen molar-refractivity contribution in [3.8, 4) is 11.5 Å². The molecule has 2 amide bonds. The number of rotatable bonds is 9. The zero-order valence-electron chi connectivity index (χ0n) is 19.2. The molecular formula is C23H37N3O4. The molecule has 1 fully saturated rings. The Morgan fingerprint density at radius 1 is 1.13 bits per heavy atom. The van der Waals surface area contributed by atoms with Gasteiger partial charge in [-0.25, -0.2) is 0 Å². The van der Waals surface area contributed by atoms with E-state index in [4.69, 9.17) is 9.47 Å². The molecule has 3 atom stereocenters. The zero-order valence-corrected chi connectivity index (χ0v) is 19.2. The van der Waals surface area contributed by atoms with Crippen molar-refractivity contribution in [2.24, 2.45) is 0 Å². The fourth-order valence-corrected chi connectivity index (χ4v) is 3.95. The summed E-state index contributed by atoms with van der Waals surface area (Å²) in [5, 5.41) is 2.89. The Balaban J connectivity index is 1.98. The van der Waals surface area contributed by atoms with Gasteiger partial charge in [0.1, 0.15) is 0 Å². The highest BCUT2D eigenvalue weighted by Crippen LogP contribution is 2.30. The van der Waals surface area contributed by atoms with E-state index < -0.39 is 0 Å². The predicted molar refractivity (Wildman–Crippen MR) is 119 cm³/mol. The molecule has 1 aromatic carbocycles. The molecule has 1 saturated heterocycles. The number of piperidine rings is 1. The first-order valence-electron chi connectivity index (χ1n) is 11.0. The quantitative estimate of drug-likeness (QED) is 0.663. The van der Waals surface area contributed by atoms with Crippen LogP contribution in [0.1, 0.15) is 53.9 Å². The lowest BCUT2D eigenvalue weighted by Gasteiger charge is -2.41. The smallest absolute Gasteiger partial charge is 0.240 e. The van der Waals surface area contributed by atoms with E-state index in [0.29, 0.717) is 30.4 Å². The van der Waals surface area contributed by atoms with Crippen molar-refractivity contribution in [3.05, 3.63) is 18.2 Å². The highest BCUT2D eigenvalue weighted by atomic mass is 16.5. The number of benzene rings is 1. The van der Waals surface area contributed by atoms with Gasteiger partial charge in [-0.2, -0.15) is 0 Å². The van der Waals surface area contributed by atoms with Crippen molar-refractivity contribution in [1.82, 2.24) is 9.80 Å². The summed E-state index contributed by atoms with van der Waals surface area (Å²) in [6.45, 7) is 11.1. The first kappa shape index (κ1) is 24.0. The molecule has 1 aromatic rings. The fourth-order valence-electron chi connectivity index (χ4n) is 3.95. The van der Waals surface area contributed by atoms with E-state index in [1.54, 1.807) is 23.1 Å². The molecule has 0 aliphatic carbocycles.